The van der Waals surface area contributed by atoms with Gasteiger partial charge in [-0.1, -0.05) is 12.1 Å². The Kier molecular flexibility index (Phi) is 3.89. The maximum atomic E-state index is 11.9. The lowest BCUT2D eigenvalue weighted by Crippen LogP contribution is -2.17. The summed E-state index contributed by atoms with van der Waals surface area (Å²) in [5.74, 6) is -0.829. The molecular formula is C10H9F3O3. The lowest BCUT2D eigenvalue weighted by molar-refractivity contribution is -0.274. The summed E-state index contributed by atoms with van der Waals surface area (Å²) in [6.07, 6.45) is -4.76. The second kappa shape index (κ2) is 4.98. The summed E-state index contributed by atoms with van der Waals surface area (Å²) < 4.78 is 43.9. The zero-order valence-corrected chi connectivity index (χ0v) is 8.38. The van der Waals surface area contributed by atoms with E-state index in [0.29, 0.717) is 0 Å². The molecule has 0 aliphatic rings. The van der Waals surface area contributed by atoms with Crippen LogP contribution in [0.15, 0.2) is 24.3 Å². The normalized spacial score (nSPS) is 11.2. The van der Waals surface area contributed by atoms with Crippen LogP contribution in [0.25, 0.3) is 0 Å². The van der Waals surface area contributed by atoms with E-state index in [9.17, 15) is 18.0 Å². The molecule has 0 spiro atoms. The molecule has 0 amide bonds. The lowest BCUT2D eigenvalue weighted by Gasteiger charge is -2.09. The largest absolute Gasteiger partial charge is 0.573 e. The van der Waals surface area contributed by atoms with E-state index in [0.717, 1.165) is 12.1 Å². The van der Waals surface area contributed by atoms with Crippen LogP contribution in [0, 0.1) is 0 Å². The van der Waals surface area contributed by atoms with Gasteiger partial charge in [0.25, 0.3) is 0 Å². The minimum atomic E-state index is -4.76. The topological polar surface area (TPSA) is 35.5 Å². The standard InChI is InChI=1S/C10H9F3O3/c1-15-6-9(14)7-3-2-4-8(5-7)16-10(11,12)13/h2-5H,6H2,1H3. The van der Waals surface area contributed by atoms with Gasteiger partial charge in [0.15, 0.2) is 5.78 Å². The summed E-state index contributed by atoms with van der Waals surface area (Å²) in [6, 6.07) is 4.85. The van der Waals surface area contributed by atoms with E-state index < -0.39 is 17.9 Å². The Morgan fingerprint density at radius 2 is 2.06 bits per heavy atom. The number of halogens is 3. The molecule has 0 N–H and O–H groups in total. The molecule has 0 aliphatic heterocycles. The van der Waals surface area contributed by atoms with Gasteiger partial charge in [0.2, 0.25) is 0 Å². The number of hydrogen-bond donors (Lipinski definition) is 0. The van der Waals surface area contributed by atoms with E-state index in [-0.39, 0.29) is 12.2 Å². The Hall–Kier alpha value is -1.56. The summed E-state index contributed by atoms with van der Waals surface area (Å²) in [5, 5.41) is 0. The third-order valence-electron chi connectivity index (χ3n) is 1.67. The monoisotopic (exact) mass is 234 g/mol. The van der Waals surface area contributed by atoms with Crippen LogP contribution in [0.1, 0.15) is 10.4 Å². The average Bonchev–Trinajstić information content (AvgIpc) is 2.16. The van der Waals surface area contributed by atoms with E-state index in [1.54, 1.807) is 0 Å². The fourth-order valence-electron chi connectivity index (χ4n) is 1.08. The highest BCUT2D eigenvalue weighted by Gasteiger charge is 2.31. The highest BCUT2D eigenvalue weighted by atomic mass is 19.4. The molecule has 0 radical (unpaired) electrons. The Labute approximate surface area is 89.8 Å². The molecule has 0 saturated carbocycles. The van der Waals surface area contributed by atoms with E-state index in [1.165, 1.54) is 19.2 Å². The van der Waals surface area contributed by atoms with Gasteiger partial charge in [0.1, 0.15) is 12.4 Å². The van der Waals surface area contributed by atoms with Crippen LogP contribution >= 0.6 is 0 Å². The van der Waals surface area contributed by atoms with Gasteiger partial charge in [0, 0.05) is 12.7 Å². The van der Waals surface area contributed by atoms with Gasteiger partial charge in [0.05, 0.1) is 0 Å². The maximum absolute atomic E-state index is 11.9. The van der Waals surface area contributed by atoms with Crippen LogP contribution in [0.3, 0.4) is 0 Å². The Bertz CT molecular complexity index is 374. The molecule has 0 fully saturated rings. The second-order valence-electron chi connectivity index (χ2n) is 2.93. The predicted molar refractivity (Wildman–Crippen MR) is 49.3 cm³/mol. The van der Waals surface area contributed by atoms with Crippen molar-refractivity contribution in [3.63, 3.8) is 0 Å². The first-order valence-electron chi connectivity index (χ1n) is 4.30. The number of carbonyl (C=O) groups is 1. The van der Waals surface area contributed by atoms with Gasteiger partial charge < -0.3 is 9.47 Å². The molecule has 0 unspecified atom stereocenters. The summed E-state index contributed by atoms with van der Waals surface area (Å²) in [6.45, 7) is -0.185. The molecule has 1 aromatic rings. The molecule has 0 atom stereocenters. The highest BCUT2D eigenvalue weighted by molar-refractivity contribution is 5.97. The van der Waals surface area contributed by atoms with Crippen LogP contribution in [0.2, 0.25) is 0 Å². The van der Waals surface area contributed by atoms with E-state index in [2.05, 4.69) is 9.47 Å². The summed E-state index contributed by atoms with van der Waals surface area (Å²) in [7, 11) is 1.33. The number of Topliss-reactive ketones (excluding diaryl/α,β-unsaturated/α-hetero) is 1. The number of ketones is 1. The smallest absolute Gasteiger partial charge is 0.406 e. The third kappa shape index (κ3) is 3.90. The molecule has 1 aromatic carbocycles. The SMILES string of the molecule is COCC(=O)c1cccc(OC(F)(F)F)c1. The molecule has 1 rings (SSSR count). The molecule has 0 saturated heterocycles. The van der Waals surface area contributed by atoms with Gasteiger partial charge in [-0.15, -0.1) is 13.2 Å². The van der Waals surface area contributed by atoms with E-state index in [4.69, 9.17) is 0 Å². The maximum Gasteiger partial charge on any atom is 0.573 e. The third-order valence-corrected chi connectivity index (χ3v) is 1.67. The van der Waals surface area contributed by atoms with Crippen molar-refractivity contribution in [2.75, 3.05) is 13.7 Å². The van der Waals surface area contributed by atoms with E-state index in [1.807, 2.05) is 0 Å². The minimum absolute atomic E-state index is 0.114. The van der Waals surface area contributed by atoms with Crippen LogP contribution in [0.4, 0.5) is 13.2 Å². The Balaban J connectivity index is 2.83. The molecule has 0 heterocycles. The van der Waals surface area contributed by atoms with Crippen LogP contribution < -0.4 is 4.74 Å². The first-order chi connectivity index (χ1) is 7.42. The lowest BCUT2D eigenvalue weighted by atomic mass is 10.1. The van der Waals surface area contributed by atoms with Gasteiger partial charge in [-0.3, -0.25) is 4.79 Å². The highest BCUT2D eigenvalue weighted by Crippen LogP contribution is 2.23. The minimum Gasteiger partial charge on any atom is -0.406 e. The number of alkyl halides is 3. The van der Waals surface area contributed by atoms with Crippen LogP contribution in [-0.4, -0.2) is 25.9 Å². The van der Waals surface area contributed by atoms with Crippen molar-refractivity contribution in [3.8, 4) is 5.75 Å². The number of benzene rings is 1. The molecular weight excluding hydrogens is 225 g/mol. The number of ether oxygens (including phenoxy) is 2. The first-order valence-corrected chi connectivity index (χ1v) is 4.30. The fourth-order valence-corrected chi connectivity index (χ4v) is 1.08. The summed E-state index contributed by atoms with van der Waals surface area (Å²) in [4.78, 5) is 11.3. The average molecular weight is 234 g/mol. The Morgan fingerprint density at radius 3 is 2.62 bits per heavy atom. The molecule has 88 valence electrons. The molecule has 16 heavy (non-hydrogen) atoms. The predicted octanol–water partition coefficient (Wildman–Crippen LogP) is 2.41. The number of carbonyl (C=O) groups excluding carboxylic acids is 1. The zero-order chi connectivity index (χ0) is 12.2. The van der Waals surface area contributed by atoms with Gasteiger partial charge >= 0.3 is 6.36 Å². The van der Waals surface area contributed by atoms with E-state index >= 15 is 0 Å². The van der Waals surface area contributed by atoms with Gasteiger partial charge in [-0.2, -0.15) is 0 Å². The van der Waals surface area contributed by atoms with Crippen molar-refractivity contribution >= 4 is 5.78 Å². The second-order valence-corrected chi connectivity index (χ2v) is 2.93. The molecule has 0 aliphatic carbocycles. The van der Waals surface area contributed by atoms with Crippen LogP contribution in [-0.2, 0) is 4.74 Å². The van der Waals surface area contributed by atoms with Gasteiger partial charge in [-0.05, 0) is 12.1 Å². The zero-order valence-electron chi connectivity index (χ0n) is 8.38. The quantitative estimate of drug-likeness (QED) is 0.750. The van der Waals surface area contributed by atoms with Crippen molar-refractivity contribution in [1.82, 2.24) is 0 Å². The van der Waals surface area contributed by atoms with Crippen molar-refractivity contribution in [1.29, 1.82) is 0 Å². The molecule has 0 aromatic heterocycles. The molecule has 6 heteroatoms. The summed E-state index contributed by atoms with van der Waals surface area (Å²) >= 11 is 0. The number of methoxy groups -OCH3 is 1. The fraction of sp³-hybridized carbons (Fsp3) is 0.300. The first kappa shape index (κ1) is 12.5. The summed E-state index contributed by atoms with van der Waals surface area (Å²) in [5.41, 5.74) is 0.114. The Morgan fingerprint density at radius 1 is 1.38 bits per heavy atom. The van der Waals surface area contributed by atoms with Crippen LogP contribution in [0.5, 0.6) is 5.75 Å². The number of hydrogen-bond acceptors (Lipinski definition) is 3. The molecule has 0 bridgehead atoms. The van der Waals surface area contributed by atoms with Crippen molar-refractivity contribution in [2.45, 2.75) is 6.36 Å². The van der Waals surface area contributed by atoms with Gasteiger partial charge in [-0.25, -0.2) is 0 Å². The number of rotatable bonds is 4. The molecule has 3 nitrogen and oxygen atoms in total. The van der Waals surface area contributed by atoms with Crippen molar-refractivity contribution in [3.05, 3.63) is 29.8 Å². The van der Waals surface area contributed by atoms with Crippen molar-refractivity contribution in [2.24, 2.45) is 0 Å². The van der Waals surface area contributed by atoms with Crippen molar-refractivity contribution < 1.29 is 27.4 Å².